The molecule has 0 spiro atoms. The van der Waals surface area contributed by atoms with Crippen LogP contribution >= 0.6 is 0 Å². The van der Waals surface area contributed by atoms with Gasteiger partial charge in [-0.25, -0.2) is 0 Å². The number of hydrogen-bond acceptors (Lipinski definition) is 3. The highest BCUT2D eigenvalue weighted by Crippen LogP contribution is 2.12. The number of carbonyl (C=O) groups is 2. The summed E-state index contributed by atoms with van der Waals surface area (Å²) in [6, 6.07) is 9.89. The Bertz CT molecular complexity index is 650. The van der Waals surface area contributed by atoms with Crippen molar-refractivity contribution in [2.75, 3.05) is 6.54 Å². The molecule has 0 unspecified atom stereocenters. The molecule has 1 aromatic heterocycles. The van der Waals surface area contributed by atoms with Crippen LogP contribution in [0.5, 0.6) is 0 Å². The minimum Gasteiger partial charge on any atom is -0.481 e. The topological polar surface area (TPSA) is 84.2 Å². The highest BCUT2D eigenvalue weighted by Gasteiger charge is 2.16. The Labute approximate surface area is 128 Å². The fraction of sp³-hybridized carbons (Fsp3) is 0.312. The van der Waals surface area contributed by atoms with Gasteiger partial charge in [0.05, 0.1) is 30.4 Å². The summed E-state index contributed by atoms with van der Waals surface area (Å²) in [5.74, 6) is -1.21. The fourth-order valence-corrected chi connectivity index (χ4v) is 2.24. The molecule has 0 saturated heterocycles. The molecule has 2 aromatic rings. The highest BCUT2D eigenvalue weighted by atomic mass is 16.4. The van der Waals surface area contributed by atoms with Gasteiger partial charge in [-0.15, -0.1) is 0 Å². The zero-order valence-electron chi connectivity index (χ0n) is 12.5. The summed E-state index contributed by atoms with van der Waals surface area (Å²) in [5, 5.41) is 15.5. The predicted molar refractivity (Wildman–Crippen MR) is 81.7 cm³/mol. The molecule has 6 heteroatoms. The van der Waals surface area contributed by atoms with E-state index in [4.69, 9.17) is 5.11 Å². The molecular weight excluding hydrogens is 282 g/mol. The summed E-state index contributed by atoms with van der Waals surface area (Å²) in [4.78, 5) is 22.6. The molecule has 1 heterocycles. The number of benzene rings is 1. The number of aromatic nitrogens is 2. The van der Waals surface area contributed by atoms with Gasteiger partial charge in [-0.3, -0.25) is 14.3 Å². The van der Waals surface area contributed by atoms with E-state index in [0.29, 0.717) is 18.5 Å². The van der Waals surface area contributed by atoms with Gasteiger partial charge < -0.3 is 10.4 Å². The monoisotopic (exact) mass is 301 g/mol. The standard InChI is InChI=1S/C16H19N3O3/c1-2-14-13(16(22)17-9-8-15(20)21)10-18-19(14)11-12-6-4-3-5-7-12/h3-7,10H,2,8-9,11H2,1H3,(H,17,22)(H,20,21). The van der Waals surface area contributed by atoms with Crippen LogP contribution in [0.2, 0.25) is 0 Å². The Balaban J connectivity index is 2.10. The maximum Gasteiger partial charge on any atom is 0.305 e. The van der Waals surface area contributed by atoms with Crippen molar-refractivity contribution in [2.45, 2.75) is 26.3 Å². The maximum atomic E-state index is 12.1. The van der Waals surface area contributed by atoms with Gasteiger partial charge in [-0.05, 0) is 12.0 Å². The molecule has 0 bridgehead atoms. The number of aliphatic carboxylic acids is 1. The largest absolute Gasteiger partial charge is 0.481 e. The van der Waals surface area contributed by atoms with Crippen LogP contribution in [0.25, 0.3) is 0 Å². The summed E-state index contributed by atoms with van der Waals surface area (Å²) in [5.41, 5.74) is 2.46. The van der Waals surface area contributed by atoms with Gasteiger partial charge >= 0.3 is 5.97 Å². The zero-order chi connectivity index (χ0) is 15.9. The molecule has 0 aliphatic rings. The van der Waals surface area contributed by atoms with Gasteiger partial charge in [-0.2, -0.15) is 5.10 Å². The van der Waals surface area contributed by atoms with Crippen LogP contribution in [0.15, 0.2) is 36.5 Å². The highest BCUT2D eigenvalue weighted by molar-refractivity contribution is 5.95. The second-order valence-corrected chi connectivity index (χ2v) is 4.90. The van der Waals surface area contributed by atoms with Crippen molar-refractivity contribution in [1.82, 2.24) is 15.1 Å². The summed E-state index contributed by atoms with van der Waals surface area (Å²) in [7, 11) is 0. The van der Waals surface area contributed by atoms with Crippen molar-refractivity contribution in [3.63, 3.8) is 0 Å². The van der Waals surface area contributed by atoms with E-state index in [1.807, 2.05) is 37.3 Å². The molecule has 1 aromatic carbocycles. The number of amides is 1. The van der Waals surface area contributed by atoms with E-state index in [-0.39, 0.29) is 18.9 Å². The first kappa shape index (κ1) is 15.8. The number of nitrogens with zero attached hydrogens (tertiary/aromatic N) is 2. The van der Waals surface area contributed by atoms with Crippen LogP contribution in [-0.2, 0) is 17.8 Å². The van der Waals surface area contributed by atoms with Gasteiger partial charge in [0.15, 0.2) is 0 Å². The zero-order valence-corrected chi connectivity index (χ0v) is 12.5. The third kappa shape index (κ3) is 3.94. The quantitative estimate of drug-likeness (QED) is 0.815. The summed E-state index contributed by atoms with van der Waals surface area (Å²) >= 11 is 0. The van der Waals surface area contributed by atoms with Crippen molar-refractivity contribution in [3.8, 4) is 0 Å². The van der Waals surface area contributed by atoms with Gasteiger partial charge in [0.2, 0.25) is 0 Å². The van der Waals surface area contributed by atoms with Crippen LogP contribution in [0.4, 0.5) is 0 Å². The van der Waals surface area contributed by atoms with Crippen LogP contribution in [0, 0.1) is 0 Å². The SMILES string of the molecule is CCc1c(C(=O)NCCC(=O)O)cnn1Cc1ccccc1. The number of carbonyl (C=O) groups excluding carboxylic acids is 1. The predicted octanol–water partition coefficient (Wildman–Crippen LogP) is 1.70. The summed E-state index contributed by atoms with van der Waals surface area (Å²) in [6.45, 7) is 2.68. The van der Waals surface area contributed by atoms with Crippen LogP contribution < -0.4 is 5.32 Å². The first-order valence-corrected chi connectivity index (χ1v) is 7.20. The molecule has 22 heavy (non-hydrogen) atoms. The number of nitrogens with one attached hydrogen (secondary N) is 1. The van der Waals surface area contributed by atoms with Crippen molar-refractivity contribution in [3.05, 3.63) is 53.3 Å². The first-order valence-electron chi connectivity index (χ1n) is 7.20. The van der Waals surface area contributed by atoms with Crippen molar-refractivity contribution < 1.29 is 14.7 Å². The lowest BCUT2D eigenvalue weighted by atomic mass is 10.1. The molecule has 2 N–H and O–H groups in total. The summed E-state index contributed by atoms with van der Waals surface area (Å²) in [6.07, 6.45) is 2.12. The Morgan fingerprint density at radius 3 is 2.64 bits per heavy atom. The molecule has 0 aliphatic heterocycles. The number of carboxylic acid groups (broad SMARTS) is 1. The second kappa shape index (κ2) is 7.40. The molecule has 6 nitrogen and oxygen atoms in total. The average Bonchev–Trinajstić information content (AvgIpc) is 2.90. The molecule has 0 saturated carbocycles. The third-order valence-electron chi connectivity index (χ3n) is 3.33. The van der Waals surface area contributed by atoms with E-state index in [2.05, 4.69) is 10.4 Å². The van der Waals surface area contributed by atoms with Crippen LogP contribution in [0.1, 0.15) is 35.0 Å². The molecule has 116 valence electrons. The van der Waals surface area contributed by atoms with Crippen molar-refractivity contribution >= 4 is 11.9 Å². The van der Waals surface area contributed by atoms with Crippen molar-refractivity contribution in [2.24, 2.45) is 0 Å². The molecule has 0 fully saturated rings. The van der Waals surface area contributed by atoms with Gasteiger partial charge in [0, 0.05) is 6.54 Å². The van der Waals surface area contributed by atoms with Crippen LogP contribution in [-0.4, -0.2) is 33.3 Å². The lowest BCUT2D eigenvalue weighted by Crippen LogP contribution is -2.26. The average molecular weight is 301 g/mol. The maximum absolute atomic E-state index is 12.1. The second-order valence-electron chi connectivity index (χ2n) is 4.90. The molecule has 2 rings (SSSR count). The number of carboxylic acids is 1. The van der Waals surface area contributed by atoms with E-state index in [9.17, 15) is 9.59 Å². The van der Waals surface area contributed by atoms with Gasteiger partial charge in [0.25, 0.3) is 5.91 Å². The Kier molecular flexibility index (Phi) is 5.30. The molecule has 0 aliphatic carbocycles. The van der Waals surface area contributed by atoms with Gasteiger partial charge in [0.1, 0.15) is 0 Å². The Morgan fingerprint density at radius 1 is 1.27 bits per heavy atom. The van der Waals surface area contributed by atoms with E-state index >= 15 is 0 Å². The summed E-state index contributed by atoms with van der Waals surface area (Å²) < 4.78 is 1.81. The van der Waals surface area contributed by atoms with Gasteiger partial charge in [-0.1, -0.05) is 37.3 Å². The number of hydrogen-bond donors (Lipinski definition) is 2. The Morgan fingerprint density at radius 2 is 2.00 bits per heavy atom. The first-order chi connectivity index (χ1) is 10.6. The minimum atomic E-state index is -0.934. The van der Waals surface area contributed by atoms with Crippen molar-refractivity contribution in [1.29, 1.82) is 0 Å². The van der Waals surface area contributed by atoms with Crippen LogP contribution in [0.3, 0.4) is 0 Å². The minimum absolute atomic E-state index is 0.0919. The molecule has 0 atom stereocenters. The lowest BCUT2D eigenvalue weighted by molar-refractivity contribution is -0.136. The van der Waals surface area contributed by atoms with E-state index in [0.717, 1.165) is 11.3 Å². The lowest BCUT2D eigenvalue weighted by Gasteiger charge is -2.08. The Hall–Kier alpha value is -2.63. The molecule has 1 amide bonds. The smallest absolute Gasteiger partial charge is 0.305 e. The normalized spacial score (nSPS) is 10.4. The molecular formula is C16H19N3O3. The van der Waals surface area contributed by atoms with E-state index < -0.39 is 5.97 Å². The number of rotatable bonds is 7. The van der Waals surface area contributed by atoms with E-state index in [1.165, 1.54) is 6.20 Å². The molecule has 0 radical (unpaired) electrons. The fourth-order valence-electron chi connectivity index (χ4n) is 2.24. The van der Waals surface area contributed by atoms with E-state index in [1.54, 1.807) is 4.68 Å². The third-order valence-corrected chi connectivity index (χ3v) is 3.33.